The molecule has 1 amide bonds. The topological polar surface area (TPSA) is 62.6 Å². The average molecular weight is 430 g/mol. The number of carbonyl (C=O) groups excluding carboxylic acids is 1. The van der Waals surface area contributed by atoms with E-state index >= 15 is 0 Å². The Labute approximate surface area is 179 Å². The Morgan fingerprint density at radius 2 is 1.80 bits per heavy atom. The zero-order chi connectivity index (χ0) is 21.6. The molecule has 0 radical (unpaired) electrons. The maximum absolute atomic E-state index is 13.5. The molecule has 4 rings (SSSR count). The molecular formula is C23H31N3O3S. The number of benzene rings is 1. The number of rotatable bonds is 3. The minimum Gasteiger partial charge on any atom is -0.342 e. The summed E-state index contributed by atoms with van der Waals surface area (Å²) in [6.07, 6.45) is 2.75. The number of piperidine rings is 1. The lowest BCUT2D eigenvalue weighted by Crippen LogP contribution is -2.39. The molecule has 1 saturated heterocycles. The highest BCUT2D eigenvalue weighted by Gasteiger charge is 2.36. The molecule has 2 aliphatic rings. The summed E-state index contributed by atoms with van der Waals surface area (Å²) in [5, 5.41) is 0. The van der Waals surface area contributed by atoms with Crippen LogP contribution in [-0.2, 0) is 30.0 Å². The van der Waals surface area contributed by atoms with E-state index in [1.54, 1.807) is 29.8 Å². The van der Waals surface area contributed by atoms with Crippen LogP contribution in [-0.4, -0.2) is 47.7 Å². The number of carbonyl (C=O) groups is 1. The van der Waals surface area contributed by atoms with E-state index < -0.39 is 10.0 Å². The lowest BCUT2D eigenvalue weighted by molar-refractivity contribution is 0.0724. The van der Waals surface area contributed by atoms with Crippen LogP contribution in [0.5, 0.6) is 0 Å². The number of fused-ring (bicyclic) bond motifs is 1. The van der Waals surface area contributed by atoms with Gasteiger partial charge in [0.25, 0.3) is 5.91 Å². The molecule has 162 valence electrons. The van der Waals surface area contributed by atoms with E-state index in [0.717, 1.165) is 24.8 Å². The molecule has 0 spiro atoms. The molecule has 0 N–H and O–H groups in total. The molecule has 1 atom stereocenters. The van der Waals surface area contributed by atoms with Crippen LogP contribution < -0.4 is 0 Å². The third-order valence-electron chi connectivity index (χ3n) is 6.70. The SMILES string of the molecule is Cc1c(S(=O)(=O)N2CCCC(C)C2)c(C)n(C)c1C(=O)N1CCc2ccccc2C1. The monoisotopic (exact) mass is 429 g/mol. The van der Waals surface area contributed by atoms with E-state index in [4.69, 9.17) is 0 Å². The molecular weight excluding hydrogens is 398 g/mol. The highest BCUT2D eigenvalue weighted by Crippen LogP contribution is 2.32. The van der Waals surface area contributed by atoms with E-state index in [1.165, 1.54) is 5.56 Å². The lowest BCUT2D eigenvalue weighted by Gasteiger charge is -2.30. The summed E-state index contributed by atoms with van der Waals surface area (Å²) in [6.45, 7) is 7.97. The van der Waals surface area contributed by atoms with Crippen molar-refractivity contribution < 1.29 is 13.2 Å². The van der Waals surface area contributed by atoms with Crippen LogP contribution in [0, 0.1) is 19.8 Å². The van der Waals surface area contributed by atoms with Crippen molar-refractivity contribution in [1.29, 1.82) is 0 Å². The zero-order valence-electron chi connectivity index (χ0n) is 18.3. The molecule has 30 heavy (non-hydrogen) atoms. The summed E-state index contributed by atoms with van der Waals surface area (Å²) < 4.78 is 30.3. The molecule has 1 aromatic heterocycles. The number of amides is 1. The predicted molar refractivity (Wildman–Crippen MR) is 117 cm³/mol. The highest BCUT2D eigenvalue weighted by atomic mass is 32.2. The summed E-state index contributed by atoms with van der Waals surface area (Å²) in [7, 11) is -1.83. The van der Waals surface area contributed by atoms with Gasteiger partial charge in [0.2, 0.25) is 10.0 Å². The number of hydrogen-bond acceptors (Lipinski definition) is 3. The van der Waals surface area contributed by atoms with Gasteiger partial charge in [-0.05, 0) is 50.2 Å². The summed E-state index contributed by atoms with van der Waals surface area (Å²) in [4.78, 5) is 15.6. The van der Waals surface area contributed by atoms with Gasteiger partial charge in [0.15, 0.2) is 0 Å². The van der Waals surface area contributed by atoms with E-state index in [9.17, 15) is 13.2 Å². The van der Waals surface area contributed by atoms with Gasteiger partial charge in [-0.1, -0.05) is 31.2 Å². The van der Waals surface area contributed by atoms with Crippen molar-refractivity contribution in [2.75, 3.05) is 19.6 Å². The Morgan fingerprint density at radius 1 is 1.10 bits per heavy atom. The van der Waals surface area contributed by atoms with Crippen molar-refractivity contribution >= 4 is 15.9 Å². The number of aromatic nitrogens is 1. The molecule has 3 heterocycles. The van der Waals surface area contributed by atoms with Crippen molar-refractivity contribution in [1.82, 2.24) is 13.8 Å². The average Bonchev–Trinajstić information content (AvgIpc) is 2.96. The highest BCUT2D eigenvalue weighted by molar-refractivity contribution is 7.89. The predicted octanol–water partition coefficient (Wildman–Crippen LogP) is 3.26. The van der Waals surface area contributed by atoms with E-state index in [2.05, 4.69) is 19.1 Å². The van der Waals surface area contributed by atoms with Crippen molar-refractivity contribution in [2.45, 2.75) is 51.5 Å². The smallest absolute Gasteiger partial charge is 0.271 e. The molecule has 0 saturated carbocycles. The van der Waals surface area contributed by atoms with Gasteiger partial charge in [0.05, 0.1) is 0 Å². The molecule has 2 aliphatic heterocycles. The second-order valence-electron chi connectivity index (χ2n) is 8.80. The van der Waals surface area contributed by atoms with Crippen LogP contribution in [0.2, 0.25) is 0 Å². The normalized spacial score (nSPS) is 20.3. The molecule has 1 unspecified atom stereocenters. The van der Waals surface area contributed by atoms with Crippen molar-refractivity contribution in [3.8, 4) is 0 Å². The maximum atomic E-state index is 13.5. The molecule has 1 aromatic carbocycles. The van der Waals surface area contributed by atoms with Crippen molar-refractivity contribution in [2.24, 2.45) is 13.0 Å². The fourth-order valence-electron chi connectivity index (χ4n) is 4.95. The molecule has 6 nitrogen and oxygen atoms in total. The molecule has 7 heteroatoms. The minimum atomic E-state index is -3.63. The van der Waals surface area contributed by atoms with Crippen LogP contribution in [0.15, 0.2) is 29.2 Å². The van der Waals surface area contributed by atoms with Gasteiger partial charge < -0.3 is 9.47 Å². The number of nitrogens with zero attached hydrogens (tertiary/aromatic N) is 3. The number of sulfonamides is 1. The van der Waals surface area contributed by atoms with Gasteiger partial charge in [-0.2, -0.15) is 4.31 Å². The molecule has 2 aromatic rings. The van der Waals surface area contributed by atoms with Gasteiger partial charge in [-0.25, -0.2) is 8.42 Å². The van der Waals surface area contributed by atoms with E-state index in [0.29, 0.717) is 53.9 Å². The maximum Gasteiger partial charge on any atom is 0.271 e. The fraction of sp³-hybridized carbons (Fsp3) is 0.522. The van der Waals surface area contributed by atoms with E-state index in [-0.39, 0.29) is 5.91 Å². The Morgan fingerprint density at radius 3 is 2.50 bits per heavy atom. The van der Waals surface area contributed by atoms with Crippen molar-refractivity contribution in [3.63, 3.8) is 0 Å². The summed E-state index contributed by atoms with van der Waals surface area (Å²) in [5.74, 6) is 0.258. The quantitative estimate of drug-likeness (QED) is 0.752. The van der Waals surface area contributed by atoms with Gasteiger partial charge >= 0.3 is 0 Å². The summed E-state index contributed by atoms with van der Waals surface area (Å²) in [6, 6.07) is 8.19. The Kier molecular flexibility index (Phi) is 5.53. The summed E-state index contributed by atoms with van der Waals surface area (Å²) >= 11 is 0. The van der Waals surface area contributed by atoms with Gasteiger partial charge in [0, 0.05) is 44.5 Å². The fourth-order valence-corrected chi connectivity index (χ4v) is 7.02. The first-order chi connectivity index (χ1) is 14.2. The van der Waals surface area contributed by atoms with Crippen LogP contribution in [0.4, 0.5) is 0 Å². The Balaban J connectivity index is 1.69. The second-order valence-corrected chi connectivity index (χ2v) is 10.7. The molecule has 0 bridgehead atoms. The minimum absolute atomic E-state index is 0.0962. The third-order valence-corrected chi connectivity index (χ3v) is 8.83. The second kappa shape index (κ2) is 7.85. The van der Waals surface area contributed by atoms with Crippen LogP contribution in [0.1, 0.15) is 52.6 Å². The third kappa shape index (κ3) is 3.48. The zero-order valence-corrected chi connectivity index (χ0v) is 19.1. The van der Waals surface area contributed by atoms with Crippen LogP contribution >= 0.6 is 0 Å². The van der Waals surface area contributed by atoms with Gasteiger partial charge in [-0.15, -0.1) is 0 Å². The first-order valence-electron chi connectivity index (χ1n) is 10.7. The first kappa shape index (κ1) is 21.1. The van der Waals surface area contributed by atoms with Crippen molar-refractivity contribution in [3.05, 3.63) is 52.3 Å². The molecule has 1 fully saturated rings. The van der Waals surface area contributed by atoms with Gasteiger partial charge in [0.1, 0.15) is 10.6 Å². The van der Waals surface area contributed by atoms with Gasteiger partial charge in [-0.3, -0.25) is 4.79 Å². The molecule has 0 aliphatic carbocycles. The lowest BCUT2D eigenvalue weighted by atomic mass is 9.99. The van der Waals surface area contributed by atoms with Crippen LogP contribution in [0.25, 0.3) is 0 Å². The number of hydrogen-bond donors (Lipinski definition) is 0. The standard InChI is InChI=1S/C23H31N3O3S/c1-16-8-7-12-26(14-16)30(28,29)22-17(2)21(24(4)18(22)3)23(27)25-13-11-19-9-5-6-10-20(19)15-25/h5-6,9-10,16H,7-8,11-15H2,1-4H3. The summed E-state index contributed by atoms with van der Waals surface area (Å²) in [5.41, 5.74) is 4.12. The Bertz CT molecular complexity index is 1090. The Hall–Kier alpha value is -2.12. The largest absolute Gasteiger partial charge is 0.342 e. The van der Waals surface area contributed by atoms with E-state index in [1.807, 2.05) is 17.0 Å². The van der Waals surface area contributed by atoms with Crippen LogP contribution in [0.3, 0.4) is 0 Å². The first-order valence-corrected chi connectivity index (χ1v) is 12.2.